The van der Waals surface area contributed by atoms with E-state index < -0.39 is 5.60 Å². The van der Waals surface area contributed by atoms with Crippen LogP contribution in [-0.4, -0.2) is 47.2 Å². The van der Waals surface area contributed by atoms with Crippen molar-refractivity contribution >= 4 is 17.5 Å². The van der Waals surface area contributed by atoms with Gasteiger partial charge >= 0.3 is 0 Å². The lowest BCUT2D eigenvalue weighted by Crippen LogP contribution is -2.44. The molecule has 7 nitrogen and oxygen atoms in total. The Labute approximate surface area is 146 Å². The summed E-state index contributed by atoms with van der Waals surface area (Å²) in [6, 6.07) is 2.05. The van der Waals surface area contributed by atoms with Crippen LogP contribution in [0.15, 0.2) is 15.6 Å². The maximum absolute atomic E-state index is 12.7. The molecule has 1 aromatic heterocycles. The Balaban J connectivity index is 1.38. The van der Waals surface area contributed by atoms with E-state index in [0.29, 0.717) is 43.0 Å². The predicted octanol–water partition coefficient (Wildman–Crippen LogP) is 1.93. The van der Waals surface area contributed by atoms with Crippen LogP contribution in [0, 0.1) is 13.8 Å². The first-order chi connectivity index (χ1) is 12.0. The summed E-state index contributed by atoms with van der Waals surface area (Å²) in [4.78, 5) is 32.4. The molecule has 1 atom stereocenters. The first-order valence-electron chi connectivity index (χ1n) is 8.88. The van der Waals surface area contributed by atoms with Crippen molar-refractivity contribution in [2.24, 2.45) is 5.16 Å². The van der Waals surface area contributed by atoms with Crippen molar-refractivity contribution in [2.75, 3.05) is 13.1 Å². The molecule has 2 aliphatic heterocycles. The van der Waals surface area contributed by atoms with Gasteiger partial charge in [0.25, 0.3) is 11.8 Å². The van der Waals surface area contributed by atoms with Gasteiger partial charge in [0.1, 0.15) is 17.2 Å². The quantitative estimate of drug-likeness (QED) is 0.907. The van der Waals surface area contributed by atoms with E-state index in [2.05, 4.69) is 10.5 Å². The van der Waals surface area contributed by atoms with Crippen LogP contribution in [-0.2, 0) is 9.63 Å². The normalized spacial score (nSPS) is 25.7. The Morgan fingerprint density at radius 1 is 1.36 bits per heavy atom. The molecule has 1 aliphatic carbocycles. The van der Waals surface area contributed by atoms with E-state index in [-0.39, 0.29) is 17.9 Å². The molecule has 2 fully saturated rings. The summed E-state index contributed by atoms with van der Waals surface area (Å²) in [6.45, 7) is 4.66. The summed E-state index contributed by atoms with van der Waals surface area (Å²) in [7, 11) is 0. The minimum atomic E-state index is -0.561. The highest BCUT2D eigenvalue weighted by Gasteiger charge is 2.48. The number of aryl methyl sites for hydroxylation is 2. The summed E-state index contributed by atoms with van der Waals surface area (Å²) in [5.74, 6) is 1.17. The van der Waals surface area contributed by atoms with Gasteiger partial charge in [-0.05, 0) is 39.2 Å². The number of nitrogens with zero attached hydrogens (tertiary/aromatic N) is 2. The second-order valence-corrected chi connectivity index (χ2v) is 7.39. The molecule has 25 heavy (non-hydrogen) atoms. The van der Waals surface area contributed by atoms with Gasteiger partial charge in [-0.15, -0.1) is 0 Å². The van der Waals surface area contributed by atoms with Crippen molar-refractivity contribution < 1.29 is 18.8 Å². The van der Waals surface area contributed by atoms with Gasteiger partial charge in [-0.25, -0.2) is 0 Å². The summed E-state index contributed by atoms with van der Waals surface area (Å²) >= 11 is 0. The molecule has 1 unspecified atom stereocenters. The third kappa shape index (κ3) is 2.92. The number of hydrogen-bond donors (Lipinski definition) is 1. The van der Waals surface area contributed by atoms with Gasteiger partial charge in [0, 0.05) is 25.4 Å². The fourth-order valence-corrected chi connectivity index (χ4v) is 3.71. The largest absolute Gasteiger partial charge is 0.466 e. The van der Waals surface area contributed by atoms with E-state index in [9.17, 15) is 9.59 Å². The average molecular weight is 345 g/mol. The Morgan fingerprint density at radius 3 is 2.80 bits per heavy atom. The fourth-order valence-electron chi connectivity index (χ4n) is 3.71. The zero-order valence-electron chi connectivity index (χ0n) is 14.6. The smallest absolute Gasteiger partial charge is 0.269 e. The molecule has 134 valence electrons. The van der Waals surface area contributed by atoms with Crippen LogP contribution in [0.3, 0.4) is 0 Å². The maximum atomic E-state index is 12.7. The molecular weight excluding hydrogens is 322 g/mol. The van der Waals surface area contributed by atoms with E-state index in [0.717, 1.165) is 18.6 Å². The Morgan fingerprint density at radius 2 is 2.16 bits per heavy atom. The molecule has 3 heterocycles. The Bertz CT molecular complexity index is 750. The zero-order valence-corrected chi connectivity index (χ0v) is 14.6. The highest BCUT2D eigenvalue weighted by atomic mass is 16.7. The van der Waals surface area contributed by atoms with E-state index in [1.807, 2.05) is 6.92 Å². The summed E-state index contributed by atoms with van der Waals surface area (Å²) in [5.41, 5.74) is 0.474. The van der Waals surface area contributed by atoms with Gasteiger partial charge < -0.3 is 19.5 Å². The van der Waals surface area contributed by atoms with Crippen molar-refractivity contribution in [3.63, 3.8) is 0 Å². The lowest BCUT2D eigenvalue weighted by Gasteiger charge is -2.26. The number of furan rings is 1. The second-order valence-electron chi connectivity index (χ2n) is 7.39. The molecule has 0 radical (unpaired) electrons. The van der Waals surface area contributed by atoms with Crippen molar-refractivity contribution in [1.29, 1.82) is 0 Å². The SMILES string of the molecule is Cc1cc(C(=O)N2CCC3(CC(C(=O)NC4CCC4)=NO3)C2)c(C)o1. The van der Waals surface area contributed by atoms with Gasteiger partial charge in [-0.2, -0.15) is 0 Å². The lowest BCUT2D eigenvalue weighted by atomic mass is 9.92. The molecule has 1 aromatic rings. The molecule has 2 amide bonds. The summed E-state index contributed by atoms with van der Waals surface area (Å²) in [5, 5.41) is 7.01. The number of carbonyl (C=O) groups excluding carboxylic acids is 2. The second kappa shape index (κ2) is 5.89. The van der Waals surface area contributed by atoms with Crippen molar-refractivity contribution in [3.8, 4) is 0 Å². The number of oxime groups is 1. The van der Waals surface area contributed by atoms with Crippen LogP contribution in [0.2, 0.25) is 0 Å². The molecular formula is C18H23N3O4. The highest BCUT2D eigenvalue weighted by molar-refractivity contribution is 6.39. The minimum Gasteiger partial charge on any atom is -0.466 e. The van der Waals surface area contributed by atoms with Crippen molar-refractivity contribution in [2.45, 2.75) is 57.6 Å². The van der Waals surface area contributed by atoms with E-state index in [4.69, 9.17) is 9.25 Å². The molecule has 1 saturated carbocycles. The first kappa shape index (κ1) is 16.2. The third-order valence-corrected chi connectivity index (χ3v) is 5.42. The van der Waals surface area contributed by atoms with Crippen LogP contribution in [0.25, 0.3) is 0 Å². The predicted molar refractivity (Wildman–Crippen MR) is 90.4 cm³/mol. The van der Waals surface area contributed by atoms with Gasteiger partial charge in [0.05, 0.1) is 12.1 Å². The molecule has 0 bridgehead atoms. The number of carbonyl (C=O) groups is 2. The lowest BCUT2D eigenvalue weighted by molar-refractivity contribution is -0.116. The van der Waals surface area contributed by atoms with Gasteiger partial charge in [0.2, 0.25) is 0 Å². The number of nitrogens with one attached hydrogen (secondary N) is 1. The number of hydrogen-bond acceptors (Lipinski definition) is 5. The first-order valence-corrected chi connectivity index (χ1v) is 8.88. The summed E-state index contributed by atoms with van der Waals surface area (Å²) < 4.78 is 5.46. The minimum absolute atomic E-state index is 0.0535. The van der Waals surface area contributed by atoms with E-state index >= 15 is 0 Å². The van der Waals surface area contributed by atoms with Crippen LogP contribution < -0.4 is 5.32 Å². The average Bonchev–Trinajstić information content (AvgIpc) is 3.23. The van der Waals surface area contributed by atoms with Crippen LogP contribution in [0.4, 0.5) is 0 Å². The molecule has 1 N–H and O–H groups in total. The monoisotopic (exact) mass is 345 g/mol. The Kier molecular flexibility index (Phi) is 3.81. The molecule has 1 spiro atoms. The molecule has 4 rings (SSSR count). The van der Waals surface area contributed by atoms with Gasteiger partial charge in [-0.1, -0.05) is 5.16 Å². The zero-order chi connectivity index (χ0) is 17.6. The third-order valence-electron chi connectivity index (χ3n) is 5.42. The van der Waals surface area contributed by atoms with Crippen LogP contribution >= 0.6 is 0 Å². The molecule has 1 saturated heterocycles. The molecule has 3 aliphatic rings. The van der Waals surface area contributed by atoms with Crippen LogP contribution in [0.1, 0.15) is 54.0 Å². The van der Waals surface area contributed by atoms with Crippen molar-refractivity contribution in [1.82, 2.24) is 10.2 Å². The Hall–Kier alpha value is -2.31. The van der Waals surface area contributed by atoms with Gasteiger partial charge in [0.15, 0.2) is 5.60 Å². The van der Waals surface area contributed by atoms with Crippen molar-refractivity contribution in [3.05, 3.63) is 23.2 Å². The number of amides is 2. The standard InChI is InChI=1S/C18H23N3O4/c1-11-8-14(12(2)24-11)17(23)21-7-6-18(10-21)9-15(20-25-18)16(22)19-13-4-3-5-13/h8,13H,3-7,9-10H2,1-2H3,(H,19,22). The van der Waals surface area contributed by atoms with Gasteiger partial charge in [-0.3, -0.25) is 9.59 Å². The van der Waals surface area contributed by atoms with Crippen LogP contribution in [0.5, 0.6) is 0 Å². The number of likely N-dealkylation sites (tertiary alicyclic amines) is 1. The topological polar surface area (TPSA) is 84.1 Å². The maximum Gasteiger partial charge on any atom is 0.269 e. The number of rotatable bonds is 3. The molecule has 0 aromatic carbocycles. The summed E-state index contributed by atoms with van der Waals surface area (Å²) in [6.07, 6.45) is 4.38. The highest BCUT2D eigenvalue weighted by Crippen LogP contribution is 2.35. The molecule has 7 heteroatoms. The van der Waals surface area contributed by atoms with E-state index in [1.54, 1.807) is 17.9 Å². The fraction of sp³-hybridized carbons (Fsp3) is 0.611. The van der Waals surface area contributed by atoms with E-state index in [1.165, 1.54) is 6.42 Å².